The van der Waals surface area contributed by atoms with Crippen LogP contribution in [0.15, 0.2) is 82.0 Å². The highest BCUT2D eigenvalue weighted by atomic mass is 35.5. The maximum atomic E-state index is 13.8. The lowest BCUT2D eigenvalue weighted by molar-refractivity contribution is 0.0474. The molecule has 0 saturated heterocycles. The molecule has 0 unspecified atom stereocenters. The molecule has 1 atom stereocenters. The van der Waals surface area contributed by atoms with Crippen LogP contribution >= 0.6 is 11.6 Å². The molecule has 39 heavy (non-hydrogen) atoms. The minimum atomic E-state index is -0.508. The van der Waals surface area contributed by atoms with Crippen molar-refractivity contribution in [1.82, 2.24) is 4.98 Å². The number of carbonyl (C=O) groups excluding carboxylic acids is 1. The van der Waals surface area contributed by atoms with E-state index in [0.717, 1.165) is 51.7 Å². The highest BCUT2D eigenvalue weighted by Gasteiger charge is 2.29. The molecule has 5 nitrogen and oxygen atoms in total. The van der Waals surface area contributed by atoms with Gasteiger partial charge in [-0.05, 0) is 72.2 Å². The van der Waals surface area contributed by atoms with Crippen molar-refractivity contribution in [2.45, 2.75) is 33.3 Å². The van der Waals surface area contributed by atoms with Gasteiger partial charge in [0.05, 0.1) is 16.8 Å². The van der Waals surface area contributed by atoms with Gasteiger partial charge in [-0.2, -0.15) is 0 Å². The number of halogens is 1. The van der Waals surface area contributed by atoms with Gasteiger partial charge >= 0.3 is 11.6 Å². The molecule has 2 heterocycles. The second kappa shape index (κ2) is 10.2. The molecule has 0 bridgehead atoms. The van der Waals surface area contributed by atoms with Crippen molar-refractivity contribution < 1.29 is 13.9 Å². The summed E-state index contributed by atoms with van der Waals surface area (Å²) in [6, 6.07) is 22.6. The zero-order chi connectivity index (χ0) is 27.1. The minimum absolute atomic E-state index is 0.0893. The third-order valence-electron chi connectivity index (χ3n) is 7.23. The Labute approximate surface area is 230 Å². The van der Waals surface area contributed by atoms with Crippen molar-refractivity contribution in [1.29, 1.82) is 0 Å². The van der Waals surface area contributed by atoms with Gasteiger partial charge in [0.15, 0.2) is 0 Å². The summed E-state index contributed by atoms with van der Waals surface area (Å²) < 4.78 is 11.3. The Kier molecular flexibility index (Phi) is 6.53. The summed E-state index contributed by atoms with van der Waals surface area (Å²) in [5.74, 6) is -0.118. The van der Waals surface area contributed by atoms with Crippen LogP contribution in [0.3, 0.4) is 0 Å². The van der Waals surface area contributed by atoms with Crippen LogP contribution in [0, 0.1) is 12.8 Å². The van der Waals surface area contributed by atoms with Gasteiger partial charge in [0.2, 0.25) is 0 Å². The Bertz CT molecular complexity index is 1840. The summed E-state index contributed by atoms with van der Waals surface area (Å²) in [7, 11) is 0. The number of allylic oxidation sites excluding steroid dienone is 1. The van der Waals surface area contributed by atoms with Crippen molar-refractivity contribution >= 4 is 51.1 Å². The lowest BCUT2D eigenvalue weighted by Crippen LogP contribution is -2.19. The fourth-order valence-corrected chi connectivity index (χ4v) is 5.57. The van der Waals surface area contributed by atoms with E-state index in [0.29, 0.717) is 33.0 Å². The van der Waals surface area contributed by atoms with Crippen molar-refractivity contribution in [2.24, 2.45) is 5.92 Å². The molecule has 1 aliphatic rings. The average Bonchev–Trinajstić information content (AvgIpc) is 2.92. The van der Waals surface area contributed by atoms with E-state index in [1.54, 1.807) is 12.1 Å². The van der Waals surface area contributed by atoms with Crippen molar-refractivity contribution in [2.75, 3.05) is 0 Å². The van der Waals surface area contributed by atoms with E-state index in [-0.39, 0.29) is 6.61 Å². The predicted octanol–water partition coefficient (Wildman–Crippen LogP) is 7.78. The molecule has 2 aromatic heterocycles. The lowest BCUT2D eigenvalue weighted by atomic mass is 9.80. The Hall–Kier alpha value is -4.22. The van der Waals surface area contributed by atoms with Crippen LogP contribution in [0.1, 0.15) is 51.7 Å². The van der Waals surface area contributed by atoms with Crippen LogP contribution in [0.4, 0.5) is 0 Å². The van der Waals surface area contributed by atoms with Crippen LogP contribution in [0.5, 0.6) is 0 Å². The molecule has 6 rings (SSSR count). The highest BCUT2D eigenvalue weighted by Crippen LogP contribution is 2.39. The Morgan fingerprint density at radius 3 is 2.64 bits per heavy atom. The molecule has 5 aromatic rings. The number of fused-ring (bicyclic) bond motifs is 3. The first-order chi connectivity index (χ1) is 18.9. The van der Waals surface area contributed by atoms with E-state index in [1.807, 2.05) is 49.4 Å². The van der Waals surface area contributed by atoms with Crippen LogP contribution in [0.25, 0.3) is 33.5 Å². The monoisotopic (exact) mass is 535 g/mol. The summed E-state index contributed by atoms with van der Waals surface area (Å²) in [6.07, 6.45) is 3.75. The van der Waals surface area contributed by atoms with Crippen LogP contribution in [-0.2, 0) is 17.8 Å². The molecule has 6 heteroatoms. The lowest BCUT2D eigenvalue weighted by Gasteiger charge is -2.26. The number of carbonyl (C=O) groups is 1. The number of para-hydroxylation sites is 1. The molecule has 194 valence electrons. The standard InChI is InChI=1S/C33H26ClNO4/c1-19-12-22(15-21-8-4-3-5-9-21)32-26(13-19)31(24-10-6-7-11-28(24)35-32)33(37)38-18-23-16-30(36)39-29-14-20(2)27(34)17-25(23)29/h3-11,14-17,19H,12-13,18H2,1-2H3/b22-15+/t19-/m1/s1. The van der Waals surface area contributed by atoms with E-state index in [9.17, 15) is 9.59 Å². The van der Waals surface area contributed by atoms with Gasteiger partial charge in [-0.1, -0.05) is 67.1 Å². The molecule has 0 amide bonds. The normalized spacial score (nSPS) is 16.0. The van der Waals surface area contributed by atoms with Gasteiger partial charge in [0.25, 0.3) is 0 Å². The van der Waals surface area contributed by atoms with E-state index >= 15 is 0 Å². The van der Waals surface area contributed by atoms with Crippen molar-refractivity contribution in [3.63, 3.8) is 0 Å². The molecular weight excluding hydrogens is 510 g/mol. The summed E-state index contributed by atoms with van der Waals surface area (Å²) in [4.78, 5) is 31.1. The maximum Gasteiger partial charge on any atom is 0.339 e. The van der Waals surface area contributed by atoms with E-state index in [1.165, 1.54) is 6.07 Å². The first-order valence-electron chi connectivity index (χ1n) is 12.9. The first kappa shape index (κ1) is 25.1. The molecule has 0 spiro atoms. The fourth-order valence-electron chi connectivity index (χ4n) is 5.40. The van der Waals surface area contributed by atoms with Crippen LogP contribution in [0.2, 0.25) is 5.02 Å². The number of pyridine rings is 1. The molecule has 0 saturated carbocycles. The van der Waals surface area contributed by atoms with E-state index in [2.05, 4.69) is 25.1 Å². The molecular formula is C33H26ClNO4. The molecule has 0 aliphatic heterocycles. The number of hydrogen-bond acceptors (Lipinski definition) is 5. The van der Waals surface area contributed by atoms with Crippen LogP contribution in [-0.4, -0.2) is 11.0 Å². The number of aromatic nitrogens is 1. The van der Waals surface area contributed by atoms with E-state index < -0.39 is 11.6 Å². The van der Waals surface area contributed by atoms with Gasteiger partial charge < -0.3 is 9.15 Å². The van der Waals surface area contributed by atoms with Gasteiger partial charge in [0, 0.05) is 27.4 Å². The predicted molar refractivity (Wildman–Crippen MR) is 155 cm³/mol. The highest BCUT2D eigenvalue weighted by molar-refractivity contribution is 6.32. The quantitative estimate of drug-likeness (QED) is 0.173. The zero-order valence-corrected chi connectivity index (χ0v) is 22.4. The Balaban J connectivity index is 1.44. The zero-order valence-electron chi connectivity index (χ0n) is 21.7. The molecule has 1 aliphatic carbocycles. The van der Waals surface area contributed by atoms with Gasteiger partial charge in [-0.25, -0.2) is 14.6 Å². The third-order valence-corrected chi connectivity index (χ3v) is 7.64. The Morgan fingerprint density at radius 1 is 1.05 bits per heavy atom. The second-order valence-electron chi connectivity index (χ2n) is 10.2. The third kappa shape index (κ3) is 4.86. The average molecular weight is 536 g/mol. The SMILES string of the molecule is Cc1cc2oc(=O)cc(COC(=O)c3c4c(nc5ccccc35)/C(=C/c3ccccc3)C[C@@H](C)C4)c2cc1Cl. The Morgan fingerprint density at radius 2 is 1.82 bits per heavy atom. The summed E-state index contributed by atoms with van der Waals surface area (Å²) in [5, 5.41) is 1.94. The molecule has 0 fully saturated rings. The number of hydrogen-bond donors (Lipinski definition) is 0. The summed E-state index contributed by atoms with van der Waals surface area (Å²) >= 11 is 6.35. The van der Waals surface area contributed by atoms with Gasteiger partial charge in [0.1, 0.15) is 12.2 Å². The number of rotatable bonds is 4. The van der Waals surface area contributed by atoms with Crippen molar-refractivity contribution in [3.05, 3.63) is 122 Å². The number of aryl methyl sites for hydroxylation is 1. The maximum absolute atomic E-state index is 13.8. The smallest absolute Gasteiger partial charge is 0.339 e. The van der Waals surface area contributed by atoms with E-state index in [4.69, 9.17) is 25.7 Å². The first-order valence-corrected chi connectivity index (χ1v) is 13.3. The molecule has 0 radical (unpaired) electrons. The van der Waals surface area contributed by atoms with Crippen molar-refractivity contribution in [3.8, 4) is 0 Å². The van der Waals surface area contributed by atoms with Gasteiger partial charge in [-0.15, -0.1) is 0 Å². The number of ether oxygens (including phenoxy) is 1. The number of nitrogens with zero attached hydrogens (tertiary/aromatic N) is 1. The second-order valence-corrected chi connectivity index (χ2v) is 10.6. The fraction of sp³-hybridized carbons (Fsp3) is 0.182. The number of benzene rings is 3. The molecule has 3 aromatic carbocycles. The van der Waals surface area contributed by atoms with Gasteiger partial charge in [-0.3, -0.25) is 0 Å². The summed E-state index contributed by atoms with van der Waals surface area (Å²) in [5.41, 5.74) is 6.45. The number of esters is 1. The van der Waals surface area contributed by atoms with Crippen LogP contribution < -0.4 is 5.63 Å². The largest absolute Gasteiger partial charge is 0.457 e. The minimum Gasteiger partial charge on any atom is -0.457 e. The molecule has 0 N–H and O–H groups in total. The summed E-state index contributed by atoms with van der Waals surface area (Å²) in [6.45, 7) is 3.94. The topological polar surface area (TPSA) is 69.4 Å².